The van der Waals surface area contributed by atoms with Crippen LogP contribution in [0.15, 0.2) is 45.1 Å². The predicted molar refractivity (Wildman–Crippen MR) is 73.9 cm³/mol. The molecule has 0 saturated heterocycles. The summed E-state index contributed by atoms with van der Waals surface area (Å²) in [6.45, 7) is 0. The van der Waals surface area contributed by atoms with Crippen molar-refractivity contribution in [2.75, 3.05) is 0 Å². The number of nitrogens with zero attached hydrogens (tertiary/aromatic N) is 3. The second kappa shape index (κ2) is 5.97. The molecule has 20 heavy (non-hydrogen) atoms. The molecule has 7 nitrogen and oxygen atoms in total. The zero-order chi connectivity index (χ0) is 14.7. The molecule has 0 aliphatic carbocycles. The maximum atomic E-state index is 11.0. The fourth-order valence-corrected chi connectivity index (χ4v) is 2.60. The summed E-state index contributed by atoms with van der Waals surface area (Å²) in [5.74, 6) is -1.37. The molecule has 1 N–H and O–H groups in total. The third-order valence-corrected chi connectivity index (χ3v) is 4.06. The monoisotopic (exact) mass is 355 g/mol. The van der Waals surface area contributed by atoms with Crippen molar-refractivity contribution < 1.29 is 14.8 Å². The van der Waals surface area contributed by atoms with E-state index >= 15 is 0 Å². The first-order chi connectivity index (χ1) is 9.49. The van der Waals surface area contributed by atoms with Gasteiger partial charge in [0.05, 0.1) is 9.40 Å². The topological polar surface area (TPSA) is 106 Å². The lowest BCUT2D eigenvalue weighted by atomic mass is 10.2. The summed E-state index contributed by atoms with van der Waals surface area (Å²) in [5.41, 5.74) is -0.943. The van der Waals surface area contributed by atoms with Crippen LogP contribution in [0.3, 0.4) is 0 Å². The SMILES string of the molecule is O=C(O)c1cc(Sc2ncccc2Br)ncc1[N+](=O)[O-]. The van der Waals surface area contributed by atoms with Crippen molar-refractivity contribution in [1.82, 2.24) is 9.97 Å². The minimum absolute atomic E-state index is 0.312. The quantitative estimate of drug-likeness (QED) is 0.663. The first-order valence-corrected chi connectivity index (χ1v) is 6.76. The van der Waals surface area contributed by atoms with E-state index in [9.17, 15) is 14.9 Å². The average Bonchev–Trinajstić information content (AvgIpc) is 2.41. The Balaban J connectivity index is 2.40. The minimum Gasteiger partial charge on any atom is -0.477 e. The maximum Gasteiger partial charge on any atom is 0.342 e. The molecule has 0 aromatic carbocycles. The molecule has 2 aromatic heterocycles. The van der Waals surface area contributed by atoms with Crippen LogP contribution in [0.2, 0.25) is 0 Å². The number of aromatic nitrogens is 2. The number of hydrogen-bond donors (Lipinski definition) is 1. The summed E-state index contributed by atoms with van der Waals surface area (Å²) in [4.78, 5) is 29.0. The lowest BCUT2D eigenvalue weighted by Gasteiger charge is -2.03. The molecule has 0 bridgehead atoms. The zero-order valence-corrected chi connectivity index (χ0v) is 12.1. The van der Waals surface area contributed by atoms with E-state index in [1.54, 1.807) is 18.3 Å². The standard InChI is InChI=1S/C11H6BrN3O4S/c12-7-2-1-3-13-10(7)20-9-4-6(11(16)17)8(5-14-9)15(18)19/h1-5H,(H,16,17). The predicted octanol–water partition coefficient (Wildman–Crippen LogP) is 3.00. The summed E-state index contributed by atoms with van der Waals surface area (Å²) in [6, 6.07) is 4.67. The van der Waals surface area contributed by atoms with Crippen LogP contribution in [0, 0.1) is 10.1 Å². The second-order valence-corrected chi connectivity index (χ2v) is 5.36. The lowest BCUT2D eigenvalue weighted by molar-refractivity contribution is -0.385. The molecule has 2 rings (SSSR count). The molecule has 0 aliphatic heterocycles. The van der Waals surface area contributed by atoms with E-state index < -0.39 is 22.1 Å². The highest BCUT2D eigenvalue weighted by atomic mass is 79.9. The number of halogens is 1. The summed E-state index contributed by atoms with van der Waals surface area (Å²) in [5, 5.41) is 20.6. The van der Waals surface area contributed by atoms with Gasteiger partial charge < -0.3 is 5.11 Å². The lowest BCUT2D eigenvalue weighted by Crippen LogP contribution is -2.03. The van der Waals surface area contributed by atoms with Gasteiger partial charge in [-0.25, -0.2) is 14.8 Å². The van der Waals surface area contributed by atoms with Crippen molar-refractivity contribution in [1.29, 1.82) is 0 Å². The van der Waals surface area contributed by atoms with E-state index in [0.717, 1.165) is 28.5 Å². The van der Waals surface area contributed by atoms with Crippen LogP contribution in [0.4, 0.5) is 5.69 Å². The molecule has 0 aliphatic rings. The number of carboxylic acids is 1. The summed E-state index contributed by atoms with van der Waals surface area (Å²) in [6.07, 6.45) is 2.51. The Labute approximate surface area is 125 Å². The van der Waals surface area contributed by atoms with Crippen molar-refractivity contribution >= 4 is 39.3 Å². The molecule has 2 aromatic rings. The molecule has 2 heterocycles. The molecule has 0 atom stereocenters. The normalized spacial score (nSPS) is 10.2. The van der Waals surface area contributed by atoms with Gasteiger partial charge in [-0.2, -0.15) is 0 Å². The number of pyridine rings is 2. The molecule has 102 valence electrons. The van der Waals surface area contributed by atoms with Crippen molar-refractivity contribution in [3.8, 4) is 0 Å². The van der Waals surface area contributed by atoms with Gasteiger partial charge in [0.1, 0.15) is 21.8 Å². The minimum atomic E-state index is -1.37. The first kappa shape index (κ1) is 14.4. The number of aromatic carboxylic acids is 1. The number of carboxylic acid groups (broad SMARTS) is 1. The fraction of sp³-hybridized carbons (Fsp3) is 0. The third-order valence-electron chi connectivity index (χ3n) is 2.21. The van der Waals surface area contributed by atoms with E-state index in [4.69, 9.17) is 5.11 Å². The van der Waals surface area contributed by atoms with Gasteiger partial charge in [0.15, 0.2) is 0 Å². The molecule has 0 unspecified atom stereocenters. The van der Waals surface area contributed by atoms with Crippen LogP contribution in [0.25, 0.3) is 0 Å². The summed E-state index contributed by atoms with van der Waals surface area (Å²) in [7, 11) is 0. The van der Waals surface area contributed by atoms with Gasteiger partial charge >= 0.3 is 11.7 Å². The molecule has 0 radical (unpaired) electrons. The van der Waals surface area contributed by atoms with Crippen LogP contribution in [0.5, 0.6) is 0 Å². The van der Waals surface area contributed by atoms with Crippen LogP contribution in [-0.4, -0.2) is 26.0 Å². The van der Waals surface area contributed by atoms with Gasteiger partial charge in [0.25, 0.3) is 0 Å². The summed E-state index contributed by atoms with van der Waals surface area (Å²) >= 11 is 4.41. The Morgan fingerprint density at radius 3 is 2.80 bits per heavy atom. The maximum absolute atomic E-state index is 11.0. The van der Waals surface area contributed by atoms with Crippen LogP contribution in [0.1, 0.15) is 10.4 Å². The molecule has 0 spiro atoms. The third kappa shape index (κ3) is 3.11. The highest BCUT2D eigenvalue weighted by molar-refractivity contribution is 9.10. The van der Waals surface area contributed by atoms with Gasteiger partial charge in [0.2, 0.25) is 0 Å². The Morgan fingerprint density at radius 1 is 1.45 bits per heavy atom. The smallest absolute Gasteiger partial charge is 0.342 e. The van der Waals surface area contributed by atoms with Crippen molar-refractivity contribution in [2.24, 2.45) is 0 Å². The van der Waals surface area contributed by atoms with Gasteiger partial charge in [-0.05, 0) is 45.9 Å². The molecular formula is C11H6BrN3O4S. The van der Waals surface area contributed by atoms with Gasteiger partial charge in [-0.1, -0.05) is 0 Å². The average molecular weight is 356 g/mol. The molecule has 0 saturated carbocycles. The molecular weight excluding hydrogens is 350 g/mol. The molecule has 0 fully saturated rings. The van der Waals surface area contributed by atoms with E-state index in [1.165, 1.54) is 0 Å². The highest BCUT2D eigenvalue weighted by Crippen LogP contribution is 2.32. The molecule has 0 amide bonds. The number of nitro groups is 1. The zero-order valence-electron chi connectivity index (χ0n) is 9.69. The largest absolute Gasteiger partial charge is 0.477 e. The van der Waals surface area contributed by atoms with E-state index in [-0.39, 0.29) is 0 Å². The Morgan fingerprint density at radius 2 is 2.20 bits per heavy atom. The van der Waals surface area contributed by atoms with Crippen molar-refractivity contribution in [3.05, 3.63) is 50.7 Å². The van der Waals surface area contributed by atoms with E-state index in [1.807, 2.05) is 0 Å². The Kier molecular flexibility index (Phi) is 4.30. The van der Waals surface area contributed by atoms with Gasteiger partial charge in [-0.15, -0.1) is 0 Å². The summed E-state index contributed by atoms with van der Waals surface area (Å²) < 4.78 is 0.724. The van der Waals surface area contributed by atoms with Crippen LogP contribution in [-0.2, 0) is 0 Å². The Bertz CT molecular complexity index is 695. The molecule has 9 heteroatoms. The second-order valence-electron chi connectivity index (χ2n) is 3.49. The van der Waals surface area contributed by atoms with Gasteiger partial charge in [0, 0.05) is 6.20 Å². The van der Waals surface area contributed by atoms with E-state index in [0.29, 0.717) is 10.1 Å². The van der Waals surface area contributed by atoms with Gasteiger partial charge in [-0.3, -0.25) is 10.1 Å². The number of rotatable bonds is 4. The number of carbonyl (C=O) groups is 1. The fourth-order valence-electron chi connectivity index (χ4n) is 1.35. The first-order valence-electron chi connectivity index (χ1n) is 5.15. The van der Waals surface area contributed by atoms with Crippen molar-refractivity contribution in [2.45, 2.75) is 10.1 Å². The Hall–Kier alpha value is -2.00. The highest BCUT2D eigenvalue weighted by Gasteiger charge is 2.21. The number of hydrogen-bond acceptors (Lipinski definition) is 6. The van der Waals surface area contributed by atoms with E-state index in [2.05, 4.69) is 25.9 Å². The van der Waals surface area contributed by atoms with Crippen LogP contribution >= 0.6 is 27.7 Å². The van der Waals surface area contributed by atoms with Crippen LogP contribution < -0.4 is 0 Å². The van der Waals surface area contributed by atoms with Crippen molar-refractivity contribution in [3.63, 3.8) is 0 Å².